The monoisotopic (exact) mass is 1220 g/mol. The van der Waals surface area contributed by atoms with Gasteiger partial charge in [0.2, 0.25) is 35.4 Å². The number of benzene rings is 6. The van der Waals surface area contributed by atoms with Crippen LogP contribution in [-0.4, -0.2) is 105 Å². The van der Waals surface area contributed by atoms with Crippen LogP contribution in [0.3, 0.4) is 0 Å². The van der Waals surface area contributed by atoms with Gasteiger partial charge in [0, 0.05) is 74.3 Å². The van der Waals surface area contributed by atoms with Crippen LogP contribution >= 0.6 is 0 Å². The van der Waals surface area contributed by atoms with Crippen LogP contribution in [0.15, 0.2) is 164 Å². The maximum absolute atomic E-state index is 13.9. The summed E-state index contributed by atoms with van der Waals surface area (Å²) in [4.78, 5) is 100. The summed E-state index contributed by atoms with van der Waals surface area (Å²) in [5.41, 5.74) is 26.9. The van der Waals surface area contributed by atoms with Gasteiger partial charge in [-0.3, -0.25) is 28.8 Å². The Morgan fingerprint density at radius 3 is 0.921 bits per heavy atom. The lowest BCUT2D eigenvalue weighted by Gasteiger charge is -2.22. The van der Waals surface area contributed by atoms with Gasteiger partial charge >= 0.3 is 12.1 Å². The number of rotatable bonds is 27. The number of hydrogen-bond donors (Lipinski definition) is 13. The molecule has 464 valence electrons. The van der Waals surface area contributed by atoms with E-state index < -0.39 is 30.3 Å². The number of carbonyl (C=O) groups is 7. The molecule has 0 fully saturated rings. The molecule has 0 radical (unpaired) electrons. The van der Waals surface area contributed by atoms with Gasteiger partial charge in [-0.15, -0.1) is 0 Å². The van der Waals surface area contributed by atoms with Crippen molar-refractivity contribution in [3.8, 4) is 0 Å². The van der Waals surface area contributed by atoms with E-state index >= 15 is 0 Å². The van der Waals surface area contributed by atoms with Gasteiger partial charge in [-0.05, 0) is 146 Å². The average Bonchev–Trinajstić information content (AvgIpc) is 4.45. The molecule has 9 rings (SSSR count). The van der Waals surface area contributed by atoms with Crippen LogP contribution < -0.4 is 49.1 Å². The Hall–Kier alpha value is -10.1. The highest BCUT2D eigenvalue weighted by Crippen LogP contribution is 2.34. The number of H-pyrrole nitrogens is 3. The summed E-state index contributed by atoms with van der Waals surface area (Å²) in [5.74, 6) is -5.14. The van der Waals surface area contributed by atoms with Gasteiger partial charge in [-0.25, -0.2) is 4.79 Å². The first-order valence-corrected chi connectivity index (χ1v) is 29.1. The summed E-state index contributed by atoms with van der Waals surface area (Å²) >= 11 is 0. The molecule has 0 bridgehead atoms. The van der Waals surface area contributed by atoms with Crippen molar-refractivity contribution in [2.24, 2.45) is 17.2 Å². The average molecular weight is 1220 g/mol. The number of aromatic amines is 3. The summed E-state index contributed by atoms with van der Waals surface area (Å²) < 4.78 is 31.7. The lowest BCUT2D eigenvalue weighted by molar-refractivity contribution is -0.192. The number of carbonyl (C=O) groups excluding carboxylic acids is 6. The van der Waals surface area contributed by atoms with Gasteiger partial charge in [0.1, 0.15) is 18.1 Å². The molecule has 0 aliphatic carbocycles. The van der Waals surface area contributed by atoms with Crippen molar-refractivity contribution in [3.05, 3.63) is 198 Å². The summed E-state index contributed by atoms with van der Waals surface area (Å²) in [7, 11) is 0. The summed E-state index contributed by atoms with van der Waals surface area (Å²) in [5, 5.41) is 27.7. The number of para-hydroxylation sites is 3. The van der Waals surface area contributed by atoms with E-state index in [-0.39, 0.29) is 60.6 Å². The number of fused-ring (bicyclic) bond motifs is 3. The van der Waals surface area contributed by atoms with Crippen LogP contribution in [0, 0.1) is 0 Å². The first kappa shape index (κ1) is 64.9. The molecule has 0 saturated carbocycles. The number of carboxylic acid groups (broad SMARTS) is 1. The Morgan fingerprint density at radius 1 is 0.416 bits per heavy atom. The van der Waals surface area contributed by atoms with E-state index in [0.29, 0.717) is 75.2 Å². The Balaban J connectivity index is 0.00000138. The predicted molar refractivity (Wildman–Crippen MR) is 337 cm³/mol. The zero-order chi connectivity index (χ0) is 63.5. The fraction of sp³-hybridized carbons (Fsp3) is 0.258. The van der Waals surface area contributed by atoms with E-state index in [9.17, 15) is 41.9 Å². The molecule has 20 nitrogen and oxygen atoms in total. The SMILES string of the molecule is NCCC[C@H](NC(=O)Cc1c[nH]c2ccccc12)C(=O)Nc1ccc(C(c2ccc(NC(=O)[C@H](CCCN)NC(=O)Cc3c[nH]c4ccccc34)cc2)c2ccc(NC(=O)[C@H](CCCN)NC(=O)Cc3c[nH]c4ccccc34)cc2)cc1.O=C(O)C(F)(F)F. The number of amides is 6. The normalized spacial score (nSPS) is 12.3. The smallest absolute Gasteiger partial charge is 0.475 e. The second-order valence-electron chi connectivity index (χ2n) is 21.3. The number of alkyl halides is 3. The maximum atomic E-state index is 13.9. The van der Waals surface area contributed by atoms with E-state index in [1.807, 2.05) is 128 Å². The molecule has 16 N–H and O–H groups in total. The number of carboxylic acids is 1. The first-order valence-electron chi connectivity index (χ1n) is 29.1. The molecule has 3 aromatic heterocycles. The minimum absolute atomic E-state index is 0.0917. The Bertz CT molecular complexity index is 3500. The second-order valence-corrected chi connectivity index (χ2v) is 21.3. The van der Waals surface area contributed by atoms with Gasteiger partial charge in [0.25, 0.3) is 0 Å². The zero-order valence-electron chi connectivity index (χ0n) is 48.6. The van der Waals surface area contributed by atoms with Crippen LogP contribution in [0.25, 0.3) is 32.7 Å². The molecule has 89 heavy (non-hydrogen) atoms. The third-order valence-corrected chi connectivity index (χ3v) is 14.9. The molecule has 0 spiro atoms. The molecule has 0 unspecified atom stereocenters. The molecular weight excluding hydrogens is 1150 g/mol. The topological polar surface area (TPSA) is 337 Å². The number of halogens is 3. The van der Waals surface area contributed by atoms with E-state index in [4.69, 9.17) is 27.1 Å². The van der Waals surface area contributed by atoms with Crippen molar-refractivity contribution in [1.29, 1.82) is 0 Å². The first-order chi connectivity index (χ1) is 42.9. The molecule has 6 amide bonds. The minimum atomic E-state index is -5.08. The Labute approximate surface area is 510 Å². The lowest BCUT2D eigenvalue weighted by atomic mass is 9.85. The van der Waals surface area contributed by atoms with Crippen LogP contribution in [0.4, 0.5) is 30.2 Å². The Morgan fingerprint density at radius 2 is 0.674 bits per heavy atom. The maximum Gasteiger partial charge on any atom is 0.490 e. The van der Waals surface area contributed by atoms with Crippen molar-refractivity contribution in [1.82, 2.24) is 30.9 Å². The third kappa shape index (κ3) is 18.0. The highest BCUT2D eigenvalue weighted by Gasteiger charge is 2.38. The standard InChI is InChI=1S/C64H70N12O6.C2HF3O2/c65-31-7-16-55(74-58(77)34-43-37-68-52-13-4-1-10-49(43)52)62(80)71-46-25-19-40(20-26-46)61(41-21-27-47(28-22-41)72-63(81)56(17-8-32-66)75-59(78)35-44-38-69-53-14-5-2-11-50(44)53)42-23-29-48(30-24-42)73-64(82)57(18-9-33-67)76-60(79)36-45-39-70-54-15-6-3-12-51(45)54;3-2(4,5)1(6)7/h1-6,10-15,19-30,37-39,55-57,61,68-70H,7-9,16-18,31-36,65-67H2,(H,71,80)(H,72,81)(H,73,82)(H,74,77)(H,75,78)(H,76,79);(H,6,7)/t55-,56-,57-;/m0./s1. The highest BCUT2D eigenvalue weighted by atomic mass is 19.4. The van der Waals surface area contributed by atoms with Crippen molar-refractivity contribution in [2.75, 3.05) is 35.6 Å². The molecular formula is C66H71F3N12O8. The van der Waals surface area contributed by atoms with Gasteiger partial charge in [-0.2, -0.15) is 13.2 Å². The van der Waals surface area contributed by atoms with Crippen molar-refractivity contribution in [2.45, 2.75) is 88.0 Å². The van der Waals surface area contributed by atoms with Gasteiger partial charge < -0.3 is 69.2 Å². The largest absolute Gasteiger partial charge is 0.490 e. The van der Waals surface area contributed by atoms with E-state index in [0.717, 1.165) is 66.1 Å². The molecule has 9 aromatic rings. The van der Waals surface area contributed by atoms with E-state index in [1.165, 1.54) is 0 Å². The number of anilines is 3. The van der Waals surface area contributed by atoms with Crippen LogP contribution in [0.2, 0.25) is 0 Å². The fourth-order valence-electron chi connectivity index (χ4n) is 10.4. The fourth-order valence-corrected chi connectivity index (χ4v) is 10.4. The quantitative estimate of drug-likeness (QED) is 0.0218. The van der Waals surface area contributed by atoms with Crippen LogP contribution in [0.1, 0.15) is 77.8 Å². The number of aliphatic carboxylic acids is 1. The molecule has 3 heterocycles. The van der Waals surface area contributed by atoms with Gasteiger partial charge in [0.15, 0.2) is 0 Å². The second kappa shape index (κ2) is 31.0. The van der Waals surface area contributed by atoms with Gasteiger partial charge in [0.05, 0.1) is 19.3 Å². The third-order valence-electron chi connectivity index (χ3n) is 14.9. The zero-order valence-corrected chi connectivity index (χ0v) is 48.6. The highest BCUT2D eigenvalue weighted by molar-refractivity contribution is 6.00. The summed E-state index contributed by atoms with van der Waals surface area (Å²) in [6, 6.07) is 43.0. The summed E-state index contributed by atoms with van der Waals surface area (Å²) in [6.45, 7) is 1.04. The summed E-state index contributed by atoms with van der Waals surface area (Å²) in [6.07, 6.45) is 3.22. The Kier molecular flexibility index (Phi) is 22.6. The van der Waals surface area contributed by atoms with Crippen LogP contribution in [-0.2, 0) is 52.8 Å². The number of hydrogen-bond acceptors (Lipinski definition) is 10. The van der Waals surface area contributed by atoms with Crippen molar-refractivity contribution >= 4 is 91.2 Å². The number of aromatic nitrogens is 3. The van der Waals surface area contributed by atoms with Crippen LogP contribution in [0.5, 0.6) is 0 Å². The lowest BCUT2D eigenvalue weighted by Crippen LogP contribution is -2.44. The molecule has 0 aliphatic rings. The van der Waals surface area contributed by atoms with Crippen molar-refractivity contribution in [3.63, 3.8) is 0 Å². The number of nitrogens with two attached hydrogens (primary N) is 3. The molecule has 0 aliphatic heterocycles. The molecule has 0 saturated heterocycles. The molecule has 3 atom stereocenters. The minimum Gasteiger partial charge on any atom is -0.475 e. The predicted octanol–water partition coefficient (Wildman–Crippen LogP) is 8.16. The molecule has 6 aromatic carbocycles. The van der Waals surface area contributed by atoms with E-state index in [1.54, 1.807) is 36.4 Å². The molecule has 23 heteroatoms. The van der Waals surface area contributed by atoms with E-state index in [2.05, 4.69) is 46.9 Å². The number of nitrogens with one attached hydrogen (secondary N) is 9. The van der Waals surface area contributed by atoms with Crippen molar-refractivity contribution < 1.29 is 51.8 Å². The van der Waals surface area contributed by atoms with Gasteiger partial charge in [-0.1, -0.05) is 91.0 Å².